The summed E-state index contributed by atoms with van der Waals surface area (Å²) in [6, 6.07) is 13.2. The summed E-state index contributed by atoms with van der Waals surface area (Å²) in [7, 11) is 2.20. The van der Waals surface area contributed by atoms with E-state index in [2.05, 4.69) is 48.4 Å². The van der Waals surface area contributed by atoms with Gasteiger partial charge in [0.1, 0.15) is 6.04 Å². The van der Waals surface area contributed by atoms with Crippen LogP contribution in [0, 0.1) is 12.8 Å². The number of carbonyl (C=O) groups is 2. The Balaban J connectivity index is 1.89. The highest BCUT2D eigenvalue weighted by Crippen LogP contribution is 2.30. The van der Waals surface area contributed by atoms with E-state index < -0.39 is 12.0 Å². The molecule has 0 radical (unpaired) electrons. The van der Waals surface area contributed by atoms with E-state index in [1.54, 1.807) is 11.8 Å². The van der Waals surface area contributed by atoms with Crippen LogP contribution in [0.25, 0.3) is 11.1 Å². The van der Waals surface area contributed by atoms with Gasteiger partial charge in [0.05, 0.1) is 0 Å². The molecule has 0 saturated heterocycles. The van der Waals surface area contributed by atoms with E-state index in [0.717, 1.165) is 60.6 Å². The van der Waals surface area contributed by atoms with Crippen molar-refractivity contribution >= 4 is 23.6 Å². The number of benzene rings is 2. The topological polar surface area (TPSA) is 72.9 Å². The van der Waals surface area contributed by atoms with Crippen LogP contribution in [0.3, 0.4) is 0 Å². The van der Waals surface area contributed by atoms with Gasteiger partial charge in [-0.1, -0.05) is 75.8 Å². The predicted molar refractivity (Wildman–Crippen MR) is 168 cm³/mol. The number of unbranched alkanes of at least 4 members (excludes halogenated alkanes) is 1. The number of hydrogen-bond acceptors (Lipinski definition) is 5. The Morgan fingerprint density at radius 3 is 2.50 bits per heavy atom. The molecule has 0 bridgehead atoms. The van der Waals surface area contributed by atoms with Gasteiger partial charge in [0.25, 0.3) is 5.91 Å². The summed E-state index contributed by atoms with van der Waals surface area (Å²) < 4.78 is 0. The Labute approximate surface area is 245 Å². The van der Waals surface area contributed by atoms with E-state index in [0.29, 0.717) is 17.7 Å². The van der Waals surface area contributed by atoms with Crippen LogP contribution in [0.15, 0.2) is 42.5 Å². The molecule has 0 aliphatic heterocycles. The molecule has 2 aromatic carbocycles. The van der Waals surface area contributed by atoms with Crippen LogP contribution in [0.5, 0.6) is 0 Å². The number of amides is 1. The van der Waals surface area contributed by atoms with Crippen LogP contribution in [0.2, 0.25) is 0 Å². The molecule has 0 aromatic heterocycles. The first kappa shape index (κ1) is 32.2. The third kappa shape index (κ3) is 9.64. The lowest BCUT2D eigenvalue weighted by Gasteiger charge is -2.34. The van der Waals surface area contributed by atoms with Crippen molar-refractivity contribution in [2.24, 2.45) is 5.92 Å². The zero-order valence-corrected chi connectivity index (χ0v) is 25.8. The van der Waals surface area contributed by atoms with E-state index >= 15 is 0 Å². The van der Waals surface area contributed by atoms with Gasteiger partial charge in [0.2, 0.25) is 0 Å². The zero-order valence-electron chi connectivity index (χ0n) is 25.0. The molecule has 0 spiro atoms. The van der Waals surface area contributed by atoms with Gasteiger partial charge in [-0.2, -0.15) is 11.8 Å². The lowest BCUT2D eigenvalue weighted by molar-refractivity contribution is -0.139. The third-order valence-electron chi connectivity index (χ3n) is 8.18. The monoisotopic (exact) mass is 567 g/mol. The lowest BCUT2D eigenvalue weighted by Crippen LogP contribution is -2.41. The van der Waals surface area contributed by atoms with E-state index in [9.17, 15) is 14.7 Å². The summed E-state index contributed by atoms with van der Waals surface area (Å²) >= 11 is 1.58. The number of hydrogen-bond donors (Lipinski definition) is 2. The van der Waals surface area contributed by atoms with Crippen molar-refractivity contribution in [1.82, 2.24) is 15.3 Å². The van der Waals surface area contributed by atoms with Crippen molar-refractivity contribution in [2.75, 3.05) is 32.1 Å². The predicted octanol–water partition coefficient (Wildman–Crippen LogP) is 7.02. The standard InChI is InChI=1S/C33H49N3O3S/c1-5-6-20-35(3)36(21-18-26-13-8-7-9-14-26)24-27-16-17-29(30(23-27)28-15-11-10-12-25(28)2)32(37)34-31(33(38)39)19-22-40-4/h10-12,15-17,23,26,31H,5-9,13-14,18-22,24H2,1-4H3,(H,34,37)(H,38,39). The second-order valence-electron chi connectivity index (χ2n) is 11.3. The smallest absolute Gasteiger partial charge is 0.326 e. The first-order chi connectivity index (χ1) is 19.3. The normalized spacial score (nSPS) is 14.9. The second kappa shape index (κ2) is 16.8. The van der Waals surface area contributed by atoms with Gasteiger partial charge in [-0.25, -0.2) is 14.8 Å². The van der Waals surface area contributed by atoms with E-state index in [1.807, 2.05) is 36.6 Å². The SMILES string of the molecule is CCCCN(C)N(CCC1CCCCC1)Cc1ccc(C(=O)NC(CCSC)C(=O)O)c(-c2ccccc2C)c1. The van der Waals surface area contributed by atoms with Crippen molar-refractivity contribution in [3.05, 3.63) is 59.2 Å². The van der Waals surface area contributed by atoms with Gasteiger partial charge in [-0.05, 0) is 78.5 Å². The zero-order chi connectivity index (χ0) is 28.9. The molecule has 2 aromatic rings. The molecule has 1 aliphatic carbocycles. The fraction of sp³-hybridized carbons (Fsp3) is 0.576. The average Bonchev–Trinajstić information content (AvgIpc) is 2.96. The summed E-state index contributed by atoms with van der Waals surface area (Å²) in [5, 5.41) is 17.3. The maximum atomic E-state index is 13.5. The molecule has 1 saturated carbocycles. The summed E-state index contributed by atoms with van der Waals surface area (Å²) in [5.74, 6) is 0.147. The summed E-state index contributed by atoms with van der Waals surface area (Å²) in [5.41, 5.74) is 4.60. The van der Waals surface area contributed by atoms with Crippen LogP contribution in [0.4, 0.5) is 0 Å². The Bertz CT molecular complexity index is 1090. The number of carboxylic acid groups (broad SMARTS) is 1. The highest BCUT2D eigenvalue weighted by atomic mass is 32.2. The number of nitrogens with one attached hydrogen (secondary N) is 1. The van der Waals surface area contributed by atoms with Crippen LogP contribution in [0.1, 0.15) is 86.2 Å². The van der Waals surface area contributed by atoms with Crippen molar-refractivity contribution in [3.63, 3.8) is 0 Å². The number of carbonyl (C=O) groups excluding carboxylic acids is 1. The molecule has 0 heterocycles. The molecule has 6 nitrogen and oxygen atoms in total. The fourth-order valence-corrected chi connectivity index (χ4v) is 6.10. The first-order valence-corrected chi connectivity index (χ1v) is 16.4. The number of aliphatic carboxylic acids is 1. The number of nitrogens with zero attached hydrogens (tertiary/aromatic N) is 2. The van der Waals surface area contributed by atoms with Crippen LogP contribution in [-0.2, 0) is 11.3 Å². The highest BCUT2D eigenvalue weighted by Gasteiger charge is 2.24. The lowest BCUT2D eigenvalue weighted by atomic mass is 9.87. The van der Waals surface area contributed by atoms with Crippen LogP contribution < -0.4 is 5.32 Å². The fourth-order valence-electron chi connectivity index (χ4n) is 5.63. The van der Waals surface area contributed by atoms with Gasteiger partial charge in [0.15, 0.2) is 0 Å². The molecule has 7 heteroatoms. The van der Waals surface area contributed by atoms with Gasteiger partial charge < -0.3 is 10.4 Å². The third-order valence-corrected chi connectivity index (χ3v) is 8.83. The highest BCUT2D eigenvalue weighted by molar-refractivity contribution is 7.98. The number of hydrazine groups is 1. The molecule has 220 valence electrons. The van der Waals surface area contributed by atoms with Crippen LogP contribution in [-0.4, -0.2) is 65.2 Å². The first-order valence-electron chi connectivity index (χ1n) is 15.0. The minimum atomic E-state index is -1.000. The number of rotatable bonds is 16. The van der Waals surface area contributed by atoms with Crippen molar-refractivity contribution in [2.45, 2.75) is 84.2 Å². The molecule has 1 atom stereocenters. The Morgan fingerprint density at radius 1 is 1.07 bits per heavy atom. The van der Waals surface area contributed by atoms with Crippen LogP contribution >= 0.6 is 11.8 Å². The maximum Gasteiger partial charge on any atom is 0.326 e. The Morgan fingerprint density at radius 2 is 1.82 bits per heavy atom. The summed E-state index contributed by atoms with van der Waals surface area (Å²) in [4.78, 5) is 25.3. The van der Waals surface area contributed by atoms with E-state index in [1.165, 1.54) is 38.5 Å². The van der Waals surface area contributed by atoms with Gasteiger partial charge in [-0.3, -0.25) is 4.79 Å². The maximum absolute atomic E-state index is 13.5. The Hall–Kier alpha value is -2.35. The minimum absolute atomic E-state index is 0.340. The average molecular weight is 568 g/mol. The number of carboxylic acids is 1. The summed E-state index contributed by atoms with van der Waals surface area (Å²) in [6.45, 7) is 7.12. The number of thioether (sulfide) groups is 1. The summed E-state index contributed by atoms with van der Waals surface area (Å²) in [6.07, 6.45) is 12.7. The largest absolute Gasteiger partial charge is 0.480 e. The number of aryl methyl sites for hydroxylation is 1. The van der Waals surface area contributed by atoms with Crippen molar-refractivity contribution in [3.8, 4) is 11.1 Å². The van der Waals surface area contributed by atoms with E-state index in [-0.39, 0.29) is 5.91 Å². The Kier molecular flexibility index (Phi) is 13.5. The minimum Gasteiger partial charge on any atom is -0.480 e. The molecule has 3 rings (SSSR count). The van der Waals surface area contributed by atoms with Crippen molar-refractivity contribution < 1.29 is 14.7 Å². The van der Waals surface area contributed by atoms with E-state index in [4.69, 9.17) is 0 Å². The molecule has 2 N–H and O–H groups in total. The molecular weight excluding hydrogens is 518 g/mol. The van der Waals surface area contributed by atoms with Gasteiger partial charge in [-0.15, -0.1) is 0 Å². The molecule has 40 heavy (non-hydrogen) atoms. The molecule has 1 unspecified atom stereocenters. The molecule has 1 fully saturated rings. The van der Waals surface area contributed by atoms with Crippen molar-refractivity contribution in [1.29, 1.82) is 0 Å². The van der Waals surface area contributed by atoms with Gasteiger partial charge >= 0.3 is 5.97 Å². The quantitative estimate of drug-likeness (QED) is 0.213. The van der Waals surface area contributed by atoms with Gasteiger partial charge in [0, 0.05) is 32.2 Å². The second-order valence-corrected chi connectivity index (χ2v) is 12.2. The molecular formula is C33H49N3O3S. The molecule has 1 amide bonds. The molecule has 1 aliphatic rings.